The first-order chi connectivity index (χ1) is 14.2. The predicted octanol–water partition coefficient (Wildman–Crippen LogP) is 4.56. The van der Waals surface area contributed by atoms with Gasteiger partial charge in [0.1, 0.15) is 11.5 Å². The Labute approximate surface area is 169 Å². The number of nitrogens with zero attached hydrogens (tertiary/aromatic N) is 4. The zero-order valence-corrected chi connectivity index (χ0v) is 16.2. The van der Waals surface area contributed by atoms with E-state index in [0.29, 0.717) is 13.1 Å². The molecule has 1 atom stereocenters. The fourth-order valence-electron chi connectivity index (χ4n) is 3.75. The Morgan fingerprint density at radius 2 is 1.90 bits per heavy atom. The molecule has 0 saturated carbocycles. The van der Waals surface area contributed by atoms with Crippen molar-refractivity contribution in [1.82, 2.24) is 19.9 Å². The Bertz CT molecular complexity index is 959. The molecule has 1 aliphatic heterocycles. The normalized spacial score (nSPS) is 16.6. The lowest BCUT2D eigenvalue weighted by Crippen LogP contribution is -2.46. The number of aryl methyl sites for hydroxylation is 1. The van der Waals surface area contributed by atoms with E-state index in [2.05, 4.69) is 15.6 Å². The molecule has 3 aromatic rings. The van der Waals surface area contributed by atoms with Gasteiger partial charge in [-0.1, -0.05) is 47.7 Å². The molecule has 0 bridgehead atoms. The van der Waals surface area contributed by atoms with Crippen LogP contribution in [0.15, 0.2) is 60.8 Å². The van der Waals surface area contributed by atoms with Gasteiger partial charge in [-0.15, -0.1) is 5.10 Å². The van der Waals surface area contributed by atoms with Crippen LogP contribution in [0.2, 0.25) is 0 Å². The molecule has 1 N–H and O–H groups in total. The Morgan fingerprint density at radius 1 is 1.10 bits per heavy atom. The SMILES string of the molecule is O=C(Nc1ccccc1F)N1CCCCC1CCn1cc(-c2ccccc2)nn1. The number of rotatable bonds is 5. The summed E-state index contributed by atoms with van der Waals surface area (Å²) in [6.07, 6.45) is 5.69. The van der Waals surface area contributed by atoms with Gasteiger partial charge in [0.05, 0.1) is 11.9 Å². The minimum Gasteiger partial charge on any atom is -0.321 e. The lowest BCUT2D eigenvalue weighted by Gasteiger charge is -2.35. The largest absolute Gasteiger partial charge is 0.322 e. The van der Waals surface area contributed by atoms with Crippen LogP contribution in [0, 0.1) is 5.82 Å². The molecule has 1 unspecified atom stereocenters. The highest BCUT2D eigenvalue weighted by Crippen LogP contribution is 2.23. The first-order valence-corrected chi connectivity index (χ1v) is 9.98. The fraction of sp³-hybridized carbons (Fsp3) is 0.318. The van der Waals surface area contributed by atoms with Crippen molar-refractivity contribution in [2.75, 3.05) is 11.9 Å². The third kappa shape index (κ3) is 4.62. The van der Waals surface area contributed by atoms with Crippen LogP contribution in [0.5, 0.6) is 0 Å². The van der Waals surface area contributed by atoms with Crippen LogP contribution in [-0.4, -0.2) is 38.5 Å². The summed E-state index contributed by atoms with van der Waals surface area (Å²) < 4.78 is 15.7. The van der Waals surface area contributed by atoms with E-state index in [1.807, 2.05) is 46.1 Å². The van der Waals surface area contributed by atoms with Crippen LogP contribution in [-0.2, 0) is 6.54 Å². The summed E-state index contributed by atoms with van der Waals surface area (Å²) in [6.45, 7) is 1.35. The molecule has 1 aromatic heterocycles. The Hall–Kier alpha value is -3.22. The molecular formula is C22H24FN5O. The lowest BCUT2D eigenvalue weighted by molar-refractivity contribution is 0.154. The summed E-state index contributed by atoms with van der Waals surface area (Å²) in [7, 11) is 0. The van der Waals surface area contributed by atoms with Crippen molar-refractivity contribution in [2.45, 2.75) is 38.3 Å². The summed E-state index contributed by atoms with van der Waals surface area (Å²) >= 11 is 0. The number of urea groups is 1. The van der Waals surface area contributed by atoms with Crippen molar-refractivity contribution in [2.24, 2.45) is 0 Å². The number of anilines is 1. The van der Waals surface area contributed by atoms with Crippen molar-refractivity contribution in [3.63, 3.8) is 0 Å². The van der Waals surface area contributed by atoms with Crippen molar-refractivity contribution >= 4 is 11.7 Å². The second-order valence-corrected chi connectivity index (χ2v) is 7.27. The number of aromatic nitrogens is 3. The van der Waals surface area contributed by atoms with Crippen LogP contribution in [0.4, 0.5) is 14.9 Å². The van der Waals surface area contributed by atoms with E-state index >= 15 is 0 Å². The number of halogens is 1. The van der Waals surface area contributed by atoms with Gasteiger partial charge in [0.2, 0.25) is 0 Å². The second kappa shape index (κ2) is 8.86. The van der Waals surface area contributed by atoms with Gasteiger partial charge in [-0.05, 0) is 37.8 Å². The molecule has 7 heteroatoms. The van der Waals surface area contributed by atoms with Crippen LogP contribution >= 0.6 is 0 Å². The molecule has 2 amide bonds. The third-order valence-corrected chi connectivity index (χ3v) is 5.30. The molecule has 0 radical (unpaired) electrons. The molecular weight excluding hydrogens is 369 g/mol. The molecule has 2 aromatic carbocycles. The van der Waals surface area contributed by atoms with Gasteiger partial charge in [-0.2, -0.15) is 0 Å². The van der Waals surface area contributed by atoms with Crippen LogP contribution < -0.4 is 5.32 Å². The highest BCUT2D eigenvalue weighted by Gasteiger charge is 2.27. The minimum absolute atomic E-state index is 0.0971. The van der Waals surface area contributed by atoms with Crippen molar-refractivity contribution in [3.8, 4) is 11.3 Å². The molecule has 0 aliphatic carbocycles. The van der Waals surface area contributed by atoms with E-state index in [9.17, 15) is 9.18 Å². The van der Waals surface area contributed by atoms with E-state index < -0.39 is 5.82 Å². The Balaban J connectivity index is 1.39. The summed E-state index contributed by atoms with van der Waals surface area (Å²) in [5.74, 6) is -0.425. The number of hydrogen-bond donors (Lipinski definition) is 1. The number of amides is 2. The van der Waals surface area contributed by atoms with Gasteiger partial charge >= 0.3 is 6.03 Å². The highest BCUT2D eigenvalue weighted by molar-refractivity contribution is 5.89. The van der Waals surface area contributed by atoms with E-state index in [-0.39, 0.29) is 17.8 Å². The zero-order chi connectivity index (χ0) is 20.1. The van der Waals surface area contributed by atoms with Gasteiger partial charge in [-0.25, -0.2) is 9.18 Å². The van der Waals surface area contributed by atoms with E-state index in [4.69, 9.17) is 0 Å². The first-order valence-electron chi connectivity index (χ1n) is 9.98. The molecule has 29 heavy (non-hydrogen) atoms. The van der Waals surface area contributed by atoms with E-state index in [0.717, 1.165) is 36.9 Å². The topological polar surface area (TPSA) is 63.1 Å². The van der Waals surface area contributed by atoms with Gasteiger partial charge in [0.25, 0.3) is 0 Å². The molecule has 1 aliphatic rings. The summed E-state index contributed by atoms with van der Waals surface area (Å²) in [5.41, 5.74) is 2.08. The minimum atomic E-state index is -0.425. The summed E-state index contributed by atoms with van der Waals surface area (Å²) in [6, 6.07) is 16.0. The third-order valence-electron chi connectivity index (χ3n) is 5.30. The first kappa shape index (κ1) is 19.1. The maximum absolute atomic E-state index is 13.9. The number of nitrogens with one attached hydrogen (secondary N) is 1. The number of carbonyl (C=O) groups is 1. The highest BCUT2D eigenvalue weighted by atomic mass is 19.1. The Morgan fingerprint density at radius 3 is 2.72 bits per heavy atom. The molecule has 0 spiro atoms. The van der Waals surface area contributed by atoms with Gasteiger partial charge in [0.15, 0.2) is 0 Å². The fourth-order valence-corrected chi connectivity index (χ4v) is 3.75. The zero-order valence-electron chi connectivity index (χ0n) is 16.2. The molecule has 2 heterocycles. The number of hydrogen-bond acceptors (Lipinski definition) is 3. The van der Waals surface area contributed by atoms with Crippen molar-refractivity contribution < 1.29 is 9.18 Å². The summed E-state index contributed by atoms with van der Waals surface area (Å²) in [4.78, 5) is 14.6. The second-order valence-electron chi connectivity index (χ2n) is 7.27. The van der Waals surface area contributed by atoms with Crippen molar-refractivity contribution in [1.29, 1.82) is 0 Å². The number of likely N-dealkylation sites (tertiary alicyclic amines) is 1. The van der Waals surface area contributed by atoms with Crippen LogP contribution in [0.3, 0.4) is 0 Å². The molecule has 1 fully saturated rings. The summed E-state index contributed by atoms with van der Waals surface area (Å²) in [5, 5.41) is 11.2. The average Bonchev–Trinajstić information content (AvgIpc) is 3.24. The van der Waals surface area contributed by atoms with E-state index in [1.54, 1.807) is 18.2 Å². The molecule has 6 nitrogen and oxygen atoms in total. The van der Waals surface area contributed by atoms with E-state index in [1.165, 1.54) is 6.07 Å². The molecule has 150 valence electrons. The number of benzene rings is 2. The quantitative estimate of drug-likeness (QED) is 0.691. The number of piperidine rings is 1. The lowest BCUT2D eigenvalue weighted by atomic mass is 10.00. The average molecular weight is 393 g/mol. The number of para-hydroxylation sites is 1. The Kier molecular flexibility index (Phi) is 5.84. The maximum atomic E-state index is 13.9. The molecule has 4 rings (SSSR count). The number of carbonyl (C=O) groups excluding carboxylic acids is 1. The monoisotopic (exact) mass is 393 g/mol. The smallest absolute Gasteiger partial charge is 0.321 e. The van der Waals surface area contributed by atoms with Crippen LogP contribution in [0.1, 0.15) is 25.7 Å². The van der Waals surface area contributed by atoms with Gasteiger partial charge < -0.3 is 10.2 Å². The van der Waals surface area contributed by atoms with Crippen molar-refractivity contribution in [3.05, 3.63) is 66.6 Å². The van der Waals surface area contributed by atoms with Crippen LogP contribution in [0.25, 0.3) is 11.3 Å². The van der Waals surface area contributed by atoms with Gasteiger partial charge in [0, 0.05) is 24.7 Å². The maximum Gasteiger partial charge on any atom is 0.322 e. The van der Waals surface area contributed by atoms with Gasteiger partial charge in [-0.3, -0.25) is 4.68 Å². The standard InChI is InChI=1S/C22H24FN5O/c23-19-11-4-5-12-20(19)24-22(29)28-14-7-6-10-18(28)13-15-27-16-21(25-26-27)17-8-2-1-3-9-17/h1-5,8-9,11-12,16,18H,6-7,10,13-15H2,(H,24,29). The predicted molar refractivity (Wildman–Crippen MR) is 110 cm³/mol. The molecule has 1 saturated heterocycles.